The summed E-state index contributed by atoms with van der Waals surface area (Å²) in [6.07, 6.45) is 0.689. The first-order chi connectivity index (χ1) is 6.57. The largest absolute Gasteiger partial charge is 0.388 e. The Morgan fingerprint density at radius 2 is 1.93 bits per heavy atom. The van der Waals surface area contributed by atoms with Gasteiger partial charge in [0, 0.05) is 0 Å². The summed E-state index contributed by atoms with van der Waals surface area (Å²) < 4.78 is 0. The highest BCUT2D eigenvalue weighted by Crippen LogP contribution is 2.27. The number of aliphatic hydroxyl groups is 1. The van der Waals surface area contributed by atoms with Gasteiger partial charge in [-0.2, -0.15) is 0 Å². The zero-order chi connectivity index (χ0) is 10.7. The number of aryl methyl sites for hydroxylation is 1. The fourth-order valence-electron chi connectivity index (χ4n) is 1.62. The van der Waals surface area contributed by atoms with Crippen molar-refractivity contribution in [2.75, 3.05) is 0 Å². The van der Waals surface area contributed by atoms with Crippen LogP contribution < -0.4 is 0 Å². The van der Waals surface area contributed by atoms with Crippen LogP contribution in [0.25, 0.3) is 0 Å². The second-order valence-corrected chi connectivity index (χ2v) is 4.12. The lowest BCUT2D eigenvalue weighted by Gasteiger charge is -2.20. The van der Waals surface area contributed by atoms with Crippen LogP contribution >= 0.6 is 0 Å². The lowest BCUT2D eigenvalue weighted by atomic mass is 9.91. The van der Waals surface area contributed by atoms with Crippen molar-refractivity contribution < 1.29 is 5.11 Å². The van der Waals surface area contributed by atoms with Crippen molar-refractivity contribution in [3.63, 3.8) is 0 Å². The number of hydrogen-bond donors (Lipinski definition) is 1. The second-order valence-electron chi connectivity index (χ2n) is 4.12. The van der Waals surface area contributed by atoms with E-state index in [0.29, 0.717) is 5.92 Å². The van der Waals surface area contributed by atoms with Gasteiger partial charge in [0.1, 0.15) is 0 Å². The Morgan fingerprint density at radius 3 is 2.50 bits per heavy atom. The first-order valence-corrected chi connectivity index (χ1v) is 5.32. The van der Waals surface area contributed by atoms with Crippen molar-refractivity contribution in [2.24, 2.45) is 5.92 Å². The van der Waals surface area contributed by atoms with Crippen molar-refractivity contribution in [1.82, 2.24) is 0 Å². The van der Waals surface area contributed by atoms with Crippen molar-refractivity contribution in [2.45, 2.75) is 40.2 Å². The molecule has 0 radical (unpaired) electrons. The van der Waals surface area contributed by atoms with Gasteiger partial charge >= 0.3 is 0 Å². The predicted molar refractivity (Wildman–Crippen MR) is 60.3 cm³/mol. The van der Waals surface area contributed by atoms with Crippen molar-refractivity contribution in [3.05, 3.63) is 34.9 Å². The molecule has 0 aliphatic rings. The predicted octanol–water partition coefficient (Wildman–Crippen LogP) is 3.38. The number of aliphatic hydroxyl groups excluding tert-OH is 1. The molecule has 2 unspecified atom stereocenters. The first-order valence-electron chi connectivity index (χ1n) is 5.32. The lowest BCUT2D eigenvalue weighted by molar-refractivity contribution is 0.115. The van der Waals surface area contributed by atoms with Crippen LogP contribution in [0.4, 0.5) is 0 Å². The summed E-state index contributed by atoms with van der Waals surface area (Å²) in [6, 6.07) is 6.13. The summed E-state index contributed by atoms with van der Waals surface area (Å²) in [5.41, 5.74) is 3.56. The summed E-state index contributed by atoms with van der Waals surface area (Å²) in [5, 5.41) is 10.1. The van der Waals surface area contributed by atoms with Crippen LogP contribution in [0, 0.1) is 19.8 Å². The van der Waals surface area contributed by atoms with Gasteiger partial charge in [-0.05, 0) is 36.5 Å². The van der Waals surface area contributed by atoms with Gasteiger partial charge in [-0.3, -0.25) is 0 Å². The Kier molecular flexibility index (Phi) is 3.70. The summed E-state index contributed by atoms with van der Waals surface area (Å²) in [7, 11) is 0. The maximum atomic E-state index is 10.1. The number of hydrogen-bond acceptors (Lipinski definition) is 1. The van der Waals surface area contributed by atoms with Gasteiger partial charge < -0.3 is 5.11 Å². The van der Waals surface area contributed by atoms with E-state index in [1.807, 2.05) is 12.1 Å². The molecule has 0 saturated heterocycles. The minimum atomic E-state index is -0.320. The molecule has 0 bridgehead atoms. The van der Waals surface area contributed by atoms with Crippen molar-refractivity contribution in [1.29, 1.82) is 0 Å². The molecule has 0 aliphatic heterocycles. The first kappa shape index (κ1) is 11.3. The van der Waals surface area contributed by atoms with E-state index in [-0.39, 0.29) is 6.10 Å². The van der Waals surface area contributed by atoms with E-state index >= 15 is 0 Å². The molecule has 0 saturated carbocycles. The van der Waals surface area contributed by atoms with E-state index in [1.165, 1.54) is 11.1 Å². The van der Waals surface area contributed by atoms with Gasteiger partial charge in [0.25, 0.3) is 0 Å². The monoisotopic (exact) mass is 192 g/mol. The standard InChI is InChI=1S/C13H20O/c1-5-9(2)13(14)12-8-6-7-10(3)11(12)4/h6-9,13-14H,5H2,1-4H3. The molecule has 1 rings (SSSR count). The summed E-state index contributed by atoms with van der Waals surface area (Å²) >= 11 is 0. The van der Waals surface area contributed by atoms with Gasteiger partial charge in [-0.25, -0.2) is 0 Å². The summed E-state index contributed by atoms with van der Waals surface area (Å²) in [6.45, 7) is 8.36. The number of benzene rings is 1. The van der Waals surface area contributed by atoms with E-state index in [2.05, 4.69) is 33.8 Å². The number of rotatable bonds is 3. The lowest BCUT2D eigenvalue weighted by Crippen LogP contribution is -2.10. The van der Waals surface area contributed by atoms with Crippen LogP contribution in [0.5, 0.6) is 0 Å². The molecule has 0 amide bonds. The van der Waals surface area contributed by atoms with E-state index in [0.717, 1.165) is 12.0 Å². The molecule has 1 nitrogen and oxygen atoms in total. The van der Waals surface area contributed by atoms with Gasteiger partial charge in [-0.15, -0.1) is 0 Å². The highest BCUT2D eigenvalue weighted by atomic mass is 16.3. The quantitative estimate of drug-likeness (QED) is 0.778. The third-order valence-electron chi connectivity index (χ3n) is 3.15. The molecule has 1 heteroatoms. The van der Waals surface area contributed by atoms with Crippen LogP contribution in [0.15, 0.2) is 18.2 Å². The zero-order valence-electron chi connectivity index (χ0n) is 9.54. The smallest absolute Gasteiger partial charge is 0.0818 e. The molecular weight excluding hydrogens is 172 g/mol. The molecule has 0 heterocycles. The van der Waals surface area contributed by atoms with Gasteiger partial charge in [0.15, 0.2) is 0 Å². The van der Waals surface area contributed by atoms with Crippen molar-refractivity contribution in [3.8, 4) is 0 Å². The zero-order valence-corrected chi connectivity index (χ0v) is 9.54. The van der Waals surface area contributed by atoms with Crippen molar-refractivity contribution >= 4 is 0 Å². The van der Waals surface area contributed by atoms with Gasteiger partial charge in [-0.1, -0.05) is 38.5 Å². The summed E-state index contributed by atoms with van der Waals surface area (Å²) in [5.74, 6) is 0.329. The van der Waals surface area contributed by atoms with Crippen LogP contribution in [0.1, 0.15) is 43.1 Å². The Hall–Kier alpha value is -0.820. The average Bonchev–Trinajstić information content (AvgIpc) is 2.20. The maximum Gasteiger partial charge on any atom is 0.0818 e. The Bertz CT molecular complexity index is 304. The SMILES string of the molecule is CCC(C)C(O)c1cccc(C)c1C. The van der Waals surface area contributed by atoms with E-state index in [4.69, 9.17) is 0 Å². The molecule has 2 atom stereocenters. The van der Waals surface area contributed by atoms with Gasteiger partial charge in [0.2, 0.25) is 0 Å². The molecule has 1 N–H and O–H groups in total. The molecule has 1 aromatic carbocycles. The molecule has 0 aliphatic carbocycles. The molecule has 0 spiro atoms. The highest BCUT2D eigenvalue weighted by Gasteiger charge is 2.16. The van der Waals surface area contributed by atoms with Crippen LogP contribution in [0.2, 0.25) is 0 Å². The van der Waals surface area contributed by atoms with Gasteiger partial charge in [0.05, 0.1) is 6.10 Å². The Balaban J connectivity index is 3.01. The average molecular weight is 192 g/mol. The second kappa shape index (κ2) is 4.61. The Labute approximate surface area is 86.8 Å². The van der Waals surface area contributed by atoms with Crippen LogP contribution in [-0.2, 0) is 0 Å². The molecule has 1 aromatic rings. The van der Waals surface area contributed by atoms with E-state index < -0.39 is 0 Å². The topological polar surface area (TPSA) is 20.2 Å². The highest BCUT2D eigenvalue weighted by molar-refractivity contribution is 5.34. The van der Waals surface area contributed by atoms with Crippen LogP contribution in [-0.4, -0.2) is 5.11 Å². The van der Waals surface area contributed by atoms with E-state index in [9.17, 15) is 5.11 Å². The molecule has 14 heavy (non-hydrogen) atoms. The van der Waals surface area contributed by atoms with E-state index in [1.54, 1.807) is 0 Å². The minimum Gasteiger partial charge on any atom is -0.388 e. The normalized spacial score (nSPS) is 15.2. The molecular formula is C13H20O. The molecule has 78 valence electrons. The summed E-state index contributed by atoms with van der Waals surface area (Å²) in [4.78, 5) is 0. The fraction of sp³-hybridized carbons (Fsp3) is 0.538. The fourth-order valence-corrected chi connectivity index (χ4v) is 1.62. The van der Waals surface area contributed by atoms with Crippen LogP contribution in [0.3, 0.4) is 0 Å². The third-order valence-corrected chi connectivity index (χ3v) is 3.15. The molecule has 0 aromatic heterocycles. The minimum absolute atomic E-state index is 0.320. The maximum absolute atomic E-state index is 10.1. The third kappa shape index (κ3) is 2.16. The molecule has 0 fully saturated rings. The Morgan fingerprint density at radius 1 is 1.29 bits per heavy atom.